The van der Waals surface area contributed by atoms with Crippen LogP contribution in [-0.4, -0.2) is 34.9 Å². The molecule has 0 aromatic rings. The number of rotatable bonds is 26. The van der Waals surface area contributed by atoms with Crippen molar-refractivity contribution < 1.29 is 15.0 Å². The number of carbonyl (C=O) groups excluding carboxylic acids is 1. The van der Waals surface area contributed by atoms with Crippen LogP contribution in [-0.2, 0) is 4.79 Å². The smallest absolute Gasteiger partial charge is 0.220 e. The standard InChI is InChI=1S/C29H59NO3/c1-3-5-7-9-11-13-15-16-18-20-22-24-28(32)27(26-31)30-29(33)25-23-21-19-17-14-12-10-8-6-4-2/h27-28,31-32H,3-26H2,1-2H3,(H,30,33)/t27-,28+/m0/s1. The van der Waals surface area contributed by atoms with E-state index in [1.165, 1.54) is 109 Å². The van der Waals surface area contributed by atoms with E-state index >= 15 is 0 Å². The summed E-state index contributed by atoms with van der Waals surface area (Å²) in [4.78, 5) is 12.2. The summed E-state index contributed by atoms with van der Waals surface area (Å²) in [7, 11) is 0. The van der Waals surface area contributed by atoms with Gasteiger partial charge in [0.25, 0.3) is 0 Å². The summed E-state index contributed by atoms with van der Waals surface area (Å²) in [5, 5.41) is 22.8. The maximum atomic E-state index is 12.2. The molecule has 4 heteroatoms. The van der Waals surface area contributed by atoms with Gasteiger partial charge >= 0.3 is 0 Å². The molecule has 0 spiro atoms. The SMILES string of the molecule is CCCCCCCCCCCCC[C@@H](O)[C@H](CO)NC(=O)CCCCCCCCCCCC. The zero-order valence-electron chi connectivity index (χ0n) is 22.4. The second-order valence-electron chi connectivity index (χ2n) is 10.2. The van der Waals surface area contributed by atoms with Crippen LogP contribution in [0.2, 0.25) is 0 Å². The molecule has 0 unspecified atom stereocenters. The summed E-state index contributed by atoms with van der Waals surface area (Å²) in [5.74, 6) is -0.0356. The average Bonchev–Trinajstić information content (AvgIpc) is 2.82. The van der Waals surface area contributed by atoms with Crippen molar-refractivity contribution in [3.8, 4) is 0 Å². The zero-order chi connectivity index (χ0) is 24.4. The molecule has 0 aliphatic heterocycles. The molecule has 3 N–H and O–H groups in total. The topological polar surface area (TPSA) is 69.6 Å². The summed E-state index contributed by atoms with van der Waals surface area (Å²) in [6.07, 6.45) is 27.1. The first-order valence-electron chi connectivity index (χ1n) is 14.7. The lowest BCUT2D eigenvalue weighted by atomic mass is 10.0. The lowest BCUT2D eigenvalue weighted by molar-refractivity contribution is -0.123. The molecule has 0 saturated carbocycles. The van der Waals surface area contributed by atoms with Gasteiger partial charge in [0.05, 0.1) is 18.8 Å². The van der Waals surface area contributed by atoms with Crippen LogP contribution in [0.4, 0.5) is 0 Å². The van der Waals surface area contributed by atoms with E-state index in [-0.39, 0.29) is 12.5 Å². The Morgan fingerprint density at radius 2 is 0.970 bits per heavy atom. The van der Waals surface area contributed by atoms with Crippen LogP contribution in [0.15, 0.2) is 0 Å². The monoisotopic (exact) mass is 469 g/mol. The van der Waals surface area contributed by atoms with E-state index in [4.69, 9.17) is 0 Å². The van der Waals surface area contributed by atoms with E-state index in [2.05, 4.69) is 19.2 Å². The van der Waals surface area contributed by atoms with E-state index in [1.807, 2.05) is 0 Å². The highest BCUT2D eigenvalue weighted by atomic mass is 16.3. The molecular weight excluding hydrogens is 410 g/mol. The summed E-state index contributed by atoms with van der Waals surface area (Å²) < 4.78 is 0. The van der Waals surface area contributed by atoms with Gasteiger partial charge in [-0.25, -0.2) is 0 Å². The Bertz CT molecular complexity index is 402. The second-order valence-corrected chi connectivity index (χ2v) is 10.2. The number of hydrogen-bond acceptors (Lipinski definition) is 3. The Labute approximate surface area is 206 Å². The molecule has 0 aliphatic carbocycles. The Morgan fingerprint density at radius 3 is 1.36 bits per heavy atom. The van der Waals surface area contributed by atoms with Gasteiger partial charge in [0, 0.05) is 6.42 Å². The predicted molar refractivity (Wildman–Crippen MR) is 143 cm³/mol. The Kier molecular flexibility index (Phi) is 25.5. The summed E-state index contributed by atoms with van der Waals surface area (Å²) in [6, 6.07) is -0.524. The fourth-order valence-electron chi connectivity index (χ4n) is 4.53. The lowest BCUT2D eigenvalue weighted by Crippen LogP contribution is -2.45. The van der Waals surface area contributed by atoms with Crippen molar-refractivity contribution in [1.29, 1.82) is 0 Å². The summed E-state index contributed by atoms with van der Waals surface area (Å²) >= 11 is 0. The largest absolute Gasteiger partial charge is 0.394 e. The van der Waals surface area contributed by atoms with Crippen LogP contribution in [0, 0.1) is 0 Å². The minimum absolute atomic E-state index is 0.0356. The predicted octanol–water partition coefficient (Wildman–Crippen LogP) is 7.84. The van der Waals surface area contributed by atoms with E-state index < -0.39 is 12.1 Å². The van der Waals surface area contributed by atoms with Crippen molar-refractivity contribution >= 4 is 5.91 Å². The third-order valence-electron chi connectivity index (χ3n) is 6.87. The maximum Gasteiger partial charge on any atom is 0.220 e. The molecule has 0 saturated heterocycles. The minimum Gasteiger partial charge on any atom is -0.394 e. The molecule has 0 aromatic carbocycles. The summed E-state index contributed by atoms with van der Waals surface area (Å²) in [6.45, 7) is 4.31. The third-order valence-corrected chi connectivity index (χ3v) is 6.87. The number of aliphatic hydroxyl groups is 2. The quantitative estimate of drug-likeness (QED) is 0.113. The molecule has 4 nitrogen and oxygen atoms in total. The van der Waals surface area contributed by atoms with E-state index in [0.29, 0.717) is 12.8 Å². The van der Waals surface area contributed by atoms with Crippen molar-refractivity contribution in [1.82, 2.24) is 5.32 Å². The van der Waals surface area contributed by atoms with Gasteiger partial charge in [-0.2, -0.15) is 0 Å². The first-order valence-corrected chi connectivity index (χ1v) is 14.7. The van der Waals surface area contributed by atoms with Crippen LogP contribution in [0.25, 0.3) is 0 Å². The van der Waals surface area contributed by atoms with Crippen LogP contribution in [0.1, 0.15) is 162 Å². The molecular formula is C29H59NO3. The normalized spacial score (nSPS) is 13.2. The number of carbonyl (C=O) groups is 1. The number of hydrogen-bond donors (Lipinski definition) is 3. The van der Waals surface area contributed by atoms with Gasteiger partial charge in [-0.05, 0) is 12.8 Å². The molecule has 0 aliphatic rings. The highest BCUT2D eigenvalue weighted by molar-refractivity contribution is 5.76. The molecule has 0 heterocycles. The number of aliphatic hydroxyl groups excluding tert-OH is 2. The summed E-state index contributed by atoms with van der Waals surface area (Å²) in [5.41, 5.74) is 0. The Hall–Kier alpha value is -0.610. The van der Waals surface area contributed by atoms with Gasteiger partial charge in [0.15, 0.2) is 0 Å². The number of unbranched alkanes of at least 4 members (excludes halogenated alkanes) is 19. The van der Waals surface area contributed by atoms with Crippen LogP contribution < -0.4 is 5.32 Å². The van der Waals surface area contributed by atoms with Crippen molar-refractivity contribution in [2.75, 3.05) is 6.61 Å². The molecule has 33 heavy (non-hydrogen) atoms. The Morgan fingerprint density at radius 1 is 0.606 bits per heavy atom. The highest BCUT2D eigenvalue weighted by Gasteiger charge is 2.19. The van der Waals surface area contributed by atoms with Crippen molar-refractivity contribution in [3.63, 3.8) is 0 Å². The van der Waals surface area contributed by atoms with E-state index in [1.54, 1.807) is 0 Å². The fraction of sp³-hybridized carbons (Fsp3) is 0.966. The van der Waals surface area contributed by atoms with Crippen molar-refractivity contribution in [3.05, 3.63) is 0 Å². The zero-order valence-corrected chi connectivity index (χ0v) is 22.4. The number of amides is 1. The van der Waals surface area contributed by atoms with Crippen LogP contribution in [0.5, 0.6) is 0 Å². The third kappa shape index (κ3) is 22.9. The number of nitrogens with one attached hydrogen (secondary N) is 1. The molecule has 0 aromatic heterocycles. The van der Waals surface area contributed by atoms with Gasteiger partial charge in [-0.1, -0.05) is 142 Å². The van der Waals surface area contributed by atoms with Gasteiger partial charge in [0.2, 0.25) is 5.91 Å². The highest BCUT2D eigenvalue weighted by Crippen LogP contribution is 2.14. The fourth-order valence-corrected chi connectivity index (χ4v) is 4.53. The van der Waals surface area contributed by atoms with Crippen LogP contribution >= 0.6 is 0 Å². The van der Waals surface area contributed by atoms with Crippen molar-refractivity contribution in [2.45, 2.75) is 174 Å². The Balaban J connectivity index is 3.60. The molecule has 2 atom stereocenters. The molecule has 0 fully saturated rings. The molecule has 198 valence electrons. The maximum absolute atomic E-state index is 12.2. The first-order chi connectivity index (χ1) is 16.2. The van der Waals surface area contributed by atoms with Crippen molar-refractivity contribution in [2.24, 2.45) is 0 Å². The minimum atomic E-state index is -0.648. The van der Waals surface area contributed by atoms with Crippen LogP contribution in [0.3, 0.4) is 0 Å². The van der Waals surface area contributed by atoms with Gasteiger partial charge < -0.3 is 15.5 Å². The molecule has 1 amide bonds. The molecule has 0 bridgehead atoms. The van der Waals surface area contributed by atoms with Gasteiger partial charge in [0.1, 0.15) is 0 Å². The van der Waals surface area contributed by atoms with Gasteiger partial charge in [-0.3, -0.25) is 4.79 Å². The first kappa shape index (κ1) is 32.4. The van der Waals surface area contributed by atoms with Gasteiger partial charge in [-0.15, -0.1) is 0 Å². The van der Waals surface area contributed by atoms with E-state index in [9.17, 15) is 15.0 Å². The molecule has 0 rings (SSSR count). The average molecular weight is 470 g/mol. The van der Waals surface area contributed by atoms with E-state index in [0.717, 1.165) is 25.7 Å². The lowest BCUT2D eigenvalue weighted by Gasteiger charge is -2.22. The molecule has 0 radical (unpaired) electrons. The second kappa shape index (κ2) is 26.0.